The van der Waals surface area contributed by atoms with E-state index in [0.717, 1.165) is 6.07 Å². The molecule has 1 aromatic heterocycles. The summed E-state index contributed by atoms with van der Waals surface area (Å²) in [4.78, 5) is 15.9. The first-order chi connectivity index (χ1) is 16.1. The van der Waals surface area contributed by atoms with Crippen LogP contribution in [0.1, 0.15) is 5.56 Å². The van der Waals surface area contributed by atoms with Gasteiger partial charge in [-0.3, -0.25) is 0 Å². The molecule has 2 aromatic carbocycles. The van der Waals surface area contributed by atoms with Gasteiger partial charge >= 0.3 is 12.2 Å². The largest absolute Gasteiger partial charge is 0.419 e. The molecule has 2 amide bonds. The van der Waals surface area contributed by atoms with E-state index >= 15 is 0 Å². The summed E-state index contributed by atoms with van der Waals surface area (Å²) in [5.41, 5.74) is -0.289. The van der Waals surface area contributed by atoms with Crippen molar-refractivity contribution >= 4 is 40.7 Å². The predicted molar refractivity (Wildman–Crippen MR) is 122 cm³/mol. The van der Waals surface area contributed by atoms with Crippen LogP contribution in [-0.4, -0.2) is 47.3 Å². The van der Waals surface area contributed by atoms with E-state index in [4.69, 9.17) is 23.2 Å². The topological polar surface area (TPSA) is 61.4 Å². The van der Waals surface area contributed by atoms with Crippen molar-refractivity contribution in [3.8, 4) is 11.3 Å². The average molecular weight is 514 g/mol. The Labute approximate surface area is 202 Å². The van der Waals surface area contributed by atoms with Crippen LogP contribution in [0.3, 0.4) is 0 Å². The molecule has 1 aliphatic rings. The van der Waals surface area contributed by atoms with Gasteiger partial charge in [0.1, 0.15) is 5.82 Å². The molecule has 4 rings (SSSR count). The number of nitrogens with zero attached hydrogens (tertiary/aromatic N) is 4. The summed E-state index contributed by atoms with van der Waals surface area (Å²) >= 11 is 12.1. The molecule has 0 spiro atoms. The van der Waals surface area contributed by atoms with Crippen molar-refractivity contribution in [3.63, 3.8) is 0 Å². The Morgan fingerprint density at radius 2 is 1.68 bits per heavy atom. The number of urea groups is 1. The second-order valence-electron chi connectivity index (χ2n) is 7.50. The van der Waals surface area contributed by atoms with Crippen molar-refractivity contribution in [2.24, 2.45) is 0 Å². The van der Waals surface area contributed by atoms with E-state index in [1.165, 1.54) is 4.90 Å². The van der Waals surface area contributed by atoms with Gasteiger partial charge in [-0.1, -0.05) is 23.2 Å². The molecule has 2 heterocycles. The summed E-state index contributed by atoms with van der Waals surface area (Å²) < 4.78 is 52.1. The van der Waals surface area contributed by atoms with Crippen molar-refractivity contribution in [2.45, 2.75) is 6.18 Å². The maximum atomic E-state index is 13.4. The highest BCUT2D eigenvalue weighted by Crippen LogP contribution is 2.33. The van der Waals surface area contributed by atoms with E-state index in [1.807, 2.05) is 4.90 Å². The molecule has 34 heavy (non-hydrogen) atoms. The zero-order chi connectivity index (χ0) is 24.5. The van der Waals surface area contributed by atoms with E-state index in [9.17, 15) is 22.4 Å². The lowest BCUT2D eigenvalue weighted by Crippen LogP contribution is -2.50. The van der Waals surface area contributed by atoms with E-state index in [-0.39, 0.29) is 5.69 Å². The zero-order valence-electron chi connectivity index (χ0n) is 17.4. The first kappa shape index (κ1) is 24.0. The van der Waals surface area contributed by atoms with Crippen LogP contribution in [0.25, 0.3) is 11.3 Å². The Morgan fingerprint density at radius 3 is 2.29 bits per heavy atom. The quantitative estimate of drug-likeness (QED) is 0.438. The molecule has 0 bridgehead atoms. The molecule has 6 nitrogen and oxygen atoms in total. The van der Waals surface area contributed by atoms with Crippen LogP contribution < -0.4 is 10.2 Å². The average Bonchev–Trinajstić information content (AvgIpc) is 2.80. The standard InChI is InChI=1S/C22H17Cl2F4N5O/c23-13-1-3-15(17(24)11-13)19-5-6-20(31-30-19)32-7-9-33(10-8-32)21(34)29-14-2-4-18(25)16(12-14)22(26,27)28/h1-6,11-12H,7-10H2,(H,29,34). The Balaban J connectivity index is 1.36. The number of amides is 2. The minimum absolute atomic E-state index is 0.136. The molecule has 1 saturated heterocycles. The first-order valence-corrected chi connectivity index (χ1v) is 10.8. The number of alkyl halides is 3. The highest BCUT2D eigenvalue weighted by atomic mass is 35.5. The van der Waals surface area contributed by atoms with Crippen LogP contribution >= 0.6 is 23.2 Å². The Bertz CT molecular complexity index is 1200. The first-order valence-electron chi connectivity index (χ1n) is 10.1. The van der Waals surface area contributed by atoms with Gasteiger partial charge in [0.05, 0.1) is 16.3 Å². The van der Waals surface area contributed by atoms with E-state index in [1.54, 1.807) is 30.3 Å². The SMILES string of the molecule is O=C(Nc1ccc(F)c(C(F)(F)F)c1)N1CCN(c2ccc(-c3ccc(Cl)cc3Cl)nn2)CC1. The molecule has 0 radical (unpaired) electrons. The number of benzene rings is 2. The van der Waals surface area contributed by atoms with Gasteiger partial charge in [-0.25, -0.2) is 9.18 Å². The highest BCUT2D eigenvalue weighted by molar-refractivity contribution is 6.36. The summed E-state index contributed by atoms with van der Waals surface area (Å²) in [6.45, 7) is 1.51. The molecule has 0 unspecified atom stereocenters. The van der Waals surface area contributed by atoms with Crippen molar-refractivity contribution < 1.29 is 22.4 Å². The van der Waals surface area contributed by atoms with Crippen molar-refractivity contribution in [2.75, 3.05) is 36.4 Å². The summed E-state index contributed by atoms with van der Waals surface area (Å²) in [5, 5.41) is 11.8. The molecule has 12 heteroatoms. The molecule has 0 saturated carbocycles. The van der Waals surface area contributed by atoms with Crippen LogP contribution in [0.15, 0.2) is 48.5 Å². The number of hydrogen-bond donors (Lipinski definition) is 1. The number of carbonyl (C=O) groups is 1. The van der Waals surface area contributed by atoms with Crippen molar-refractivity contribution in [1.29, 1.82) is 0 Å². The van der Waals surface area contributed by atoms with Gasteiger partial charge < -0.3 is 15.1 Å². The Hall–Kier alpha value is -3.11. The minimum atomic E-state index is -4.86. The van der Waals surface area contributed by atoms with Gasteiger partial charge in [0.15, 0.2) is 5.82 Å². The fourth-order valence-corrected chi connectivity index (χ4v) is 4.00. The van der Waals surface area contributed by atoms with Crippen LogP contribution in [0.2, 0.25) is 10.0 Å². The second kappa shape index (κ2) is 9.63. The fourth-order valence-electron chi connectivity index (χ4n) is 3.50. The molecule has 3 aromatic rings. The van der Waals surface area contributed by atoms with Gasteiger partial charge in [-0.05, 0) is 48.5 Å². The van der Waals surface area contributed by atoms with E-state index < -0.39 is 23.6 Å². The number of carbonyl (C=O) groups excluding carboxylic acids is 1. The number of nitrogens with one attached hydrogen (secondary N) is 1. The Kier molecular flexibility index (Phi) is 6.81. The lowest BCUT2D eigenvalue weighted by Gasteiger charge is -2.35. The zero-order valence-corrected chi connectivity index (χ0v) is 18.9. The molecule has 178 valence electrons. The predicted octanol–water partition coefficient (Wildman–Crippen LogP) is 5.96. The smallest absolute Gasteiger partial charge is 0.352 e. The molecule has 1 N–H and O–H groups in total. The molecule has 1 fully saturated rings. The van der Waals surface area contributed by atoms with Gasteiger partial charge in [0, 0.05) is 42.5 Å². The normalized spacial score (nSPS) is 14.3. The van der Waals surface area contributed by atoms with Gasteiger partial charge in [-0.15, -0.1) is 10.2 Å². The van der Waals surface area contributed by atoms with E-state index in [0.29, 0.717) is 65.4 Å². The summed E-state index contributed by atoms with van der Waals surface area (Å²) in [5.74, 6) is -0.785. The lowest BCUT2D eigenvalue weighted by molar-refractivity contribution is -0.139. The minimum Gasteiger partial charge on any atom is -0.352 e. The maximum Gasteiger partial charge on any atom is 0.419 e. The molecular weight excluding hydrogens is 497 g/mol. The summed E-state index contributed by atoms with van der Waals surface area (Å²) in [6.07, 6.45) is -4.86. The fraction of sp³-hybridized carbons (Fsp3) is 0.227. The number of rotatable bonds is 3. The Morgan fingerprint density at radius 1 is 0.941 bits per heavy atom. The van der Waals surface area contributed by atoms with E-state index in [2.05, 4.69) is 15.5 Å². The van der Waals surface area contributed by atoms with Crippen LogP contribution in [0.4, 0.5) is 33.9 Å². The monoisotopic (exact) mass is 513 g/mol. The molecule has 0 aliphatic carbocycles. The van der Waals surface area contributed by atoms with Crippen LogP contribution in [-0.2, 0) is 6.18 Å². The van der Waals surface area contributed by atoms with Gasteiger partial charge in [0.25, 0.3) is 0 Å². The third-order valence-electron chi connectivity index (χ3n) is 5.27. The number of piperazine rings is 1. The molecule has 0 atom stereocenters. The maximum absolute atomic E-state index is 13.4. The van der Waals surface area contributed by atoms with Gasteiger partial charge in [-0.2, -0.15) is 13.2 Å². The molecule has 1 aliphatic heterocycles. The number of anilines is 2. The summed E-state index contributed by atoms with van der Waals surface area (Å²) in [7, 11) is 0. The number of aromatic nitrogens is 2. The third kappa shape index (κ3) is 5.34. The second-order valence-corrected chi connectivity index (χ2v) is 8.34. The van der Waals surface area contributed by atoms with Crippen LogP contribution in [0.5, 0.6) is 0 Å². The summed E-state index contributed by atoms with van der Waals surface area (Å²) in [6, 6.07) is 10.4. The van der Waals surface area contributed by atoms with Crippen LogP contribution in [0, 0.1) is 5.82 Å². The molecular formula is C22H17Cl2F4N5O. The number of hydrogen-bond acceptors (Lipinski definition) is 4. The third-order valence-corrected chi connectivity index (χ3v) is 5.82. The van der Waals surface area contributed by atoms with Crippen molar-refractivity contribution in [1.82, 2.24) is 15.1 Å². The van der Waals surface area contributed by atoms with Crippen molar-refractivity contribution in [3.05, 3.63) is 70.0 Å². The highest BCUT2D eigenvalue weighted by Gasteiger charge is 2.34. The van der Waals surface area contributed by atoms with Gasteiger partial charge in [0.2, 0.25) is 0 Å². The lowest BCUT2D eigenvalue weighted by atomic mass is 10.1. The number of halogens is 6.